The van der Waals surface area contributed by atoms with Crippen molar-refractivity contribution in [3.8, 4) is 0 Å². The lowest BCUT2D eigenvalue weighted by molar-refractivity contribution is -0.143. The number of aliphatic hydroxyl groups is 1. The van der Waals surface area contributed by atoms with Crippen molar-refractivity contribution in [2.75, 3.05) is 19.6 Å². The maximum atomic E-state index is 15.4. The molecule has 3 fully saturated rings. The van der Waals surface area contributed by atoms with Gasteiger partial charge in [-0.2, -0.15) is 0 Å². The topological polar surface area (TPSA) is 580 Å². The number of carbonyl (C=O) groups excluding carboxylic acids is 14. The smallest absolute Gasteiger partial charge is 0.305 e. The zero-order valence-corrected chi connectivity index (χ0v) is 66.2. The van der Waals surface area contributed by atoms with Gasteiger partial charge in [0.2, 0.25) is 82.7 Å². The van der Waals surface area contributed by atoms with Crippen molar-refractivity contribution >= 4 is 116 Å². The van der Waals surface area contributed by atoms with Crippen LogP contribution in [0.5, 0.6) is 0 Å². The maximum Gasteiger partial charge on any atom is 0.305 e. The first-order valence-electron chi connectivity index (χ1n) is 38.4. The van der Waals surface area contributed by atoms with Gasteiger partial charge in [0, 0.05) is 91.1 Å². The van der Waals surface area contributed by atoms with E-state index in [2.05, 4.69) is 89.1 Å². The number of imidazole rings is 1. The minimum absolute atomic E-state index is 0.0556. The molecule has 3 aliphatic rings. The van der Waals surface area contributed by atoms with Crippen molar-refractivity contribution in [3.05, 3.63) is 90.3 Å². The lowest BCUT2D eigenvalue weighted by Gasteiger charge is -2.42. The average molecular weight is 1600 g/mol. The van der Waals surface area contributed by atoms with E-state index in [-0.39, 0.29) is 63.2 Å². The Morgan fingerprint density at radius 2 is 1.17 bits per heavy atom. The Morgan fingerprint density at radius 1 is 0.635 bits per heavy atom. The number of benzene rings is 2. The highest BCUT2D eigenvalue weighted by molar-refractivity contribution is 6.01. The van der Waals surface area contributed by atoms with E-state index >= 15 is 9.59 Å². The number of nitrogens with one attached hydrogen (secondary N) is 16. The zero-order chi connectivity index (χ0) is 84.8. The second-order valence-electron chi connectivity index (χ2n) is 31.0. The summed E-state index contributed by atoms with van der Waals surface area (Å²) in [6, 6.07) is -3.28. The van der Waals surface area contributed by atoms with Gasteiger partial charge in [0.25, 0.3) is 0 Å². The van der Waals surface area contributed by atoms with Gasteiger partial charge in [-0.1, -0.05) is 77.4 Å². The number of aromatic nitrogens is 4. The molecule has 3 aliphatic heterocycles. The third kappa shape index (κ3) is 26.4. The Balaban J connectivity index is 1.30. The number of primary amides is 1. The average Bonchev–Trinajstić information content (AvgIpc) is 1.76. The van der Waals surface area contributed by atoms with Crippen LogP contribution < -0.4 is 74.9 Å². The summed E-state index contributed by atoms with van der Waals surface area (Å²) in [6.45, 7) is 14.2. The molecular formula is C77H109N19O19. The summed E-state index contributed by atoms with van der Waals surface area (Å²) in [4.78, 5) is 242. The number of carboxylic acid groups (broad SMARTS) is 2. The lowest BCUT2D eigenvalue weighted by atomic mass is 9.85. The zero-order valence-electron chi connectivity index (χ0n) is 66.2. The fraction of sp³-hybridized carbons (Fsp3) is 0.545. The Labute approximate surface area is 663 Å². The first-order chi connectivity index (χ1) is 54.2. The fourth-order valence-corrected chi connectivity index (χ4v) is 13.6. The van der Waals surface area contributed by atoms with E-state index in [1.807, 2.05) is 0 Å². The van der Waals surface area contributed by atoms with E-state index in [0.717, 1.165) is 0 Å². The summed E-state index contributed by atoms with van der Waals surface area (Å²) in [5.41, 5.74) is 5.22. The number of H-pyrrole nitrogens is 3. The largest absolute Gasteiger partial charge is 0.481 e. The van der Waals surface area contributed by atoms with Crippen molar-refractivity contribution in [2.24, 2.45) is 17.6 Å². The van der Waals surface area contributed by atoms with Gasteiger partial charge in [0.15, 0.2) is 0 Å². The Hall–Kier alpha value is -11.8. The van der Waals surface area contributed by atoms with Crippen LogP contribution in [-0.4, -0.2) is 238 Å². The van der Waals surface area contributed by atoms with Crippen molar-refractivity contribution in [1.29, 1.82) is 0 Å². The number of amides is 14. The molecule has 3 aromatic heterocycles. The number of nitrogens with two attached hydrogens (primary N) is 1. The Bertz CT molecular complexity index is 4330. The van der Waals surface area contributed by atoms with Crippen LogP contribution in [-0.2, 0) is 96.0 Å². The molecule has 0 aliphatic carbocycles. The van der Waals surface area contributed by atoms with E-state index in [1.165, 1.54) is 31.3 Å². The number of aliphatic hydroxyl groups excluding tert-OH is 1. The first kappa shape index (κ1) is 90.4. The van der Waals surface area contributed by atoms with Crippen LogP contribution in [0.1, 0.15) is 150 Å². The molecule has 626 valence electrons. The van der Waals surface area contributed by atoms with E-state index < -0.39 is 236 Å². The molecule has 5 aromatic rings. The van der Waals surface area contributed by atoms with Gasteiger partial charge < -0.3 is 110 Å². The van der Waals surface area contributed by atoms with Gasteiger partial charge in [0.05, 0.1) is 37.1 Å². The number of para-hydroxylation sites is 2. The summed E-state index contributed by atoms with van der Waals surface area (Å²) in [7, 11) is 0. The predicted molar refractivity (Wildman–Crippen MR) is 416 cm³/mol. The molecule has 38 heteroatoms. The van der Waals surface area contributed by atoms with Gasteiger partial charge in [-0.05, 0) is 108 Å². The summed E-state index contributed by atoms with van der Waals surface area (Å²) >= 11 is 0. The molecule has 3 saturated heterocycles. The quantitative estimate of drug-likeness (QED) is 0.0318. The molecule has 6 heterocycles. The van der Waals surface area contributed by atoms with Crippen LogP contribution in [0.2, 0.25) is 0 Å². The molecule has 38 nitrogen and oxygen atoms in total. The van der Waals surface area contributed by atoms with Crippen molar-refractivity contribution < 1.29 is 92.0 Å². The minimum Gasteiger partial charge on any atom is -0.481 e. The first-order valence-corrected chi connectivity index (χ1v) is 38.4. The number of carboxylic acids is 2. The molecule has 115 heavy (non-hydrogen) atoms. The molecule has 14 amide bonds. The normalized spacial score (nSPS) is 23.8. The molecule has 8 rings (SSSR count). The molecule has 2 aromatic carbocycles. The Kier molecular flexibility index (Phi) is 32.4. The van der Waals surface area contributed by atoms with Crippen molar-refractivity contribution in [3.63, 3.8) is 0 Å². The number of rotatable bonds is 23. The number of aliphatic carboxylic acids is 2. The number of fused-ring (bicyclic) bond motifs is 36. The molecule has 0 spiro atoms. The van der Waals surface area contributed by atoms with E-state index in [1.54, 1.807) is 116 Å². The fourth-order valence-electron chi connectivity index (χ4n) is 13.6. The number of piperidine rings is 1. The highest BCUT2D eigenvalue weighted by atomic mass is 16.4. The number of carbonyl (C=O) groups is 16. The molecule has 0 saturated carbocycles. The number of hydrogen-bond donors (Lipinski definition) is 20. The van der Waals surface area contributed by atoms with Gasteiger partial charge in [-0.15, -0.1) is 0 Å². The summed E-state index contributed by atoms with van der Waals surface area (Å²) in [5, 5.41) is 65.9. The maximum absolute atomic E-state index is 15.4. The SMILES string of the molecule is CCC[C@@H]1NC(=O)[C@H](CCC(=O)O)NC(=O)CNC(=O)[C@H](CC(C)C)NC(=O)[C@H](Cc2c[nH]cn2)NC(=O)[C@H](Cc2c[nH]c3ccccc23)NC(=O)[C@H](C)NC(=O)[C@@H](NC(=O)[C@H](CC(=O)O)NC(C)(C)C)CCC(=O)N2CCC(C(=O)N[C@H](C(N)=O)[C@@H](C)O)(CC2)NC(=O)[C@H](Cc2c[nH]c3ccccc23)NC(=O)[C@H](C(C)C)NC1=O. The number of hydrogen-bond acceptors (Lipinski definition) is 19. The Morgan fingerprint density at radius 3 is 1.71 bits per heavy atom. The number of aromatic amines is 3. The monoisotopic (exact) mass is 1600 g/mol. The van der Waals surface area contributed by atoms with Gasteiger partial charge in [-0.3, -0.25) is 76.7 Å². The van der Waals surface area contributed by atoms with Crippen LogP contribution in [0.25, 0.3) is 21.8 Å². The third-order valence-corrected chi connectivity index (χ3v) is 19.8. The number of nitrogens with zero attached hydrogens (tertiary/aromatic N) is 2. The van der Waals surface area contributed by atoms with Gasteiger partial charge in [-0.25, -0.2) is 4.98 Å². The minimum atomic E-state index is -2.09. The summed E-state index contributed by atoms with van der Waals surface area (Å²) < 4.78 is 0. The van der Waals surface area contributed by atoms with Crippen LogP contribution in [0.4, 0.5) is 0 Å². The second-order valence-corrected chi connectivity index (χ2v) is 31.0. The van der Waals surface area contributed by atoms with Crippen molar-refractivity contribution in [2.45, 2.75) is 236 Å². The second kappa shape index (κ2) is 41.3. The van der Waals surface area contributed by atoms with Gasteiger partial charge >= 0.3 is 11.9 Å². The van der Waals surface area contributed by atoms with Crippen LogP contribution >= 0.6 is 0 Å². The van der Waals surface area contributed by atoms with E-state index in [4.69, 9.17) is 5.73 Å². The third-order valence-electron chi connectivity index (χ3n) is 19.8. The molecule has 0 unspecified atom stereocenters. The molecular weight excluding hydrogens is 1490 g/mol. The van der Waals surface area contributed by atoms with E-state index in [0.29, 0.717) is 32.9 Å². The summed E-state index contributed by atoms with van der Waals surface area (Å²) in [5.74, 6) is -17.5. The predicted octanol–water partition coefficient (Wildman–Crippen LogP) is -1.88. The highest BCUT2D eigenvalue weighted by Crippen LogP contribution is 2.27. The summed E-state index contributed by atoms with van der Waals surface area (Å²) in [6.07, 6.45) is -0.313. The molecule has 21 N–H and O–H groups in total. The highest BCUT2D eigenvalue weighted by Gasteiger charge is 2.47. The molecule has 2 bridgehead atoms. The van der Waals surface area contributed by atoms with Crippen LogP contribution in [0.15, 0.2) is 73.4 Å². The van der Waals surface area contributed by atoms with Crippen LogP contribution in [0.3, 0.4) is 0 Å². The standard InChI is InChI=1S/C77H109N19O19/c1-11-16-50-69(109)92-62(40(4)5)74(114)91-55(31-44-35-81-49-20-15-13-18-47(44)49)73(113)95-77(75(115)93-63(42(7)97)64(78)104)25-27-96(28-26-77)59(99)23-21-52(87-72(112)57(33-61(102)103)94-76(8,9)10)67(107)84-41(6)65(105)88-54(30-43-34-80-48-19-14-12-17-46(43)48)70(110)90-56(32-45-36-79-38-83-45)71(111)89-53(29-39(2)3)66(106)82-37-58(98)85-51(68(108)86-50)22-24-60(100)101/h12-15,17-20,34-36,38-42,50-57,62-63,80-81,94,97H,11,16,21-33,37H2,1-10H3,(H2,78,104)(H,79,83)(H,82,106)(H,84,107)(H,85,98)(H,86,108)(H,87,112)(H,88,105)(H,89,111)(H,90,110)(H,91,114)(H,92,109)(H,93,115)(H,95,113)(H,100,101)(H,102,103)/t41-,42+,50-,51-,52-,53-,54-,55-,56-,57-,62-,63-/m0/s1. The van der Waals surface area contributed by atoms with Gasteiger partial charge in [0.1, 0.15) is 66.0 Å². The van der Waals surface area contributed by atoms with Crippen molar-refractivity contribution in [1.82, 2.24) is 94.0 Å². The van der Waals surface area contributed by atoms with Crippen LogP contribution in [0, 0.1) is 11.8 Å². The van der Waals surface area contributed by atoms with E-state index in [9.17, 15) is 82.4 Å². The lowest BCUT2D eigenvalue weighted by Crippen LogP contribution is -2.68. The molecule has 12 atom stereocenters. The molecule has 0 radical (unpaired) electrons.